The molecule has 2 aliphatic rings. The second-order valence-corrected chi connectivity index (χ2v) is 15.7. The fourth-order valence-corrected chi connectivity index (χ4v) is 7.17. The maximum Gasteiger partial charge on any atom is 1.00 e. The minimum atomic E-state index is -5.50. The molecule has 0 saturated heterocycles. The van der Waals surface area contributed by atoms with Crippen molar-refractivity contribution in [3.8, 4) is 0 Å². The van der Waals surface area contributed by atoms with E-state index in [0.29, 0.717) is 23.5 Å². The molecule has 0 saturated carbocycles. The van der Waals surface area contributed by atoms with Gasteiger partial charge in [-0.2, -0.15) is 15.3 Å². The summed E-state index contributed by atoms with van der Waals surface area (Å²) in [5.74, 6) is -2.02. The number of rotatable bonds is 11. The van der Waals surface area contributed by atoms with Gasteiger partial charge >= 0.3 is 88.7 Å². The molecule has 0 aliphatic heterocycles. The SMILES string of the molecule is Nc1c(N=Nc2ccc(Nc3ccc(N/N=C4\C=CC(=O)C=C4O)cc3)c(S(=O)(=O)[O-])c2)c(S(=O)(=O)[O-])cc2c1C(=O)/C(=N\Nc1ccccc1)C(S(=O)(=O)[O-])=C2.[Na+].[Na+].[Na+]. The van der Waals surface area contributed by atoms with Crippen molar-refractivity contribution in [2.45, 2.75) is 9.79 Å². The summed E-state index contributed by atoms with van der Waals surface area (Å²) >= 11 is 0. The summed E-state index contributed by atoms with van der Waals surface area (Å²) < 4.78 is 110. The van der Waals surface area contributed by atoms with E-state index in [1.165, 1.54) is 48.6 Å². The van der Waals surface area contributed by atoms with Crippen LogP contribution in [0, 0.1) is 0 Å². The molecule has 292 valence electrons. The summed E-state index contributed by atoms with van der Waals surface area (Å²) in [5, 5.41) is 27.9. The van der Waals surface area contributed by atoms with Gasteiger partial charge in [0.15, 0.2) is 5.78 Å². The van der Waals surface area contributed by atoms with Crippen molar-refractivity contribution in [1.82, 2.24) is 0 Å². The Morgan fingerprint density at radius 1 is 0.650 bits per heavy atom. The fourth-order valence-electron chi connectivity index (χ4n) is 5.22. The van der Waals surface area contributed by atoms with Crippen molar-refractivity contribution in [2.24, 2.45) is 20.4 Å². The Balaban J connectivity index is 0.00000320. The number of benzene rings is 4. The van der Waals surface area contributed by atoms with Gasteiger partial charge in [-0.1, -0.05) is 18.2 Å². The molecule has 6 rings (SSSR count). The van der Waals surface area contributed by atoms with Crippen molar-refractivity contribution in [3.05, 3.63) is 119 Å². The minimum absolute atomic E-state index is 0. The van der Waals surface area contributed by atoms with Crippen LogP contribution < -0.4 is 111 Å². The summed E-state index contributed by atoms with van der Waals surface area (Å²) in [4.78, 5) is 21.8. The molecule has 0 radical (unpaired) electrons. The first-order valence-electron chi connectivity index (χ1n) is 15.7. The number of hydrazone groups is 2. The second kappa shape index (κ2) is 20.3. The predicted octanol–water partition coefficient (Wildman–Crippen LogP) is -4.85. The van der Waals surface area contributed by atoms with E-state index in [9.17, 15) is 53.6 Å². The molecule has 0 spiro atoms. The quantitative estimate of drug-likeness (QED) is 0.0235. The molecule has 0 fully saturated rings. The van der Waals surface area contributed by atoms with E-state index in [2.05, 4.69) is 36.6 Å². The molecule has 0 amide bonds. The smallest absolute Gasteiger partial charge is 0.744 e. The molecule has 0 bridgehead atoms. The standard InChI is InChI=1S/C34H26N8O12S3.3Na/c35-31-30-18(15-29(57(52,53)54)33(34(30)45)42-38-20-4-2-1-3-5-20)14-28(56(49,50)51)32(31)41-39-22-10-12-25(27(16-22)55(46,47)48)36-19-6-8-21(9-7-19)37-40-24-13-11-23(43)17-26(24)44;;;/h1-17,36-38,44H,35H2,(H,46,47,48)(H,49,50,51)(H,52,53,54);;;/q;3*+1/p-3/b40-24+,41-39?,42-33-;;;. The number of azo groups is 1. The number of nitrogen functional groups attached to an aromatic ring is 1. The third kappa shape index (κ3) is 11.9. The number of fused-ring (bicyclic) bond motifs is 1. The first kappa shape index (κ1) is 50.5. The van der Waals surface area contributed by atoms with Gasteiger partial charge in [-0.25, -0.2) is 25.3 Å². The van der Waals surface area contributed by atoms with E-state index in [0.717, 1.165) is 24.3 Å². The summed E-state index contributed by atoms with van der Waals surface area (Å²) in [7, 11) is -16.2. The van der Waals surface area contributed by atoms with E-state index in [1.807, 2.05) is 0 Å². The topological polar surface area (TPSA) is 338 Å². The zero-order valence-corrected chi connectivity index (χ0v) is 39.8. The Hall–Kier alpha value is -3.89. The average molecular weight is 901 g/mol. The van der Waals surface area contributed by atoms with Crippen LogP contribution in [0.25, 0.3) is 6.08 Å². The number of carbonyl (C=O) groups is 2. The Labute approximate surface area is 408 Å². The molecule has 6 N–H and O–H groups in total. The third-order valence-electron chi connectivity index (χ3n) is 7.82. The first-order valence-corrected chi connectivity index (χ1v) is 19.9. The molecule has 2 aliphatic carbocycles. The number of nitrogens with zero attached hydrogens (tertiary/aromatic N) is 4. The van der Waals surface area contributed by atoms with Crippen molar-refractivity contribution in [1.29, 1.82) is 0 Å². The van der Waals surface area contributed by atoms with E-state index in [-0.39, 0.29) is 117 Å². The van der Waals surface area contributed by atoms with Gasteiger partial charge in [0.1, 0.15) is 53.2 Å². The van der Waals surface area contributed by atoms with Gasteiger partial charge in [-0.15, -0.1) is 5.11 Å². The third-order valence-corrected chi connectivity index (χ3v) is 10.4. The number of ketones is 2. The summed E-state index contributed by atoms with van der Waals surface area (Å²) in [6.07, 6.45) is 4.12. The second-order valence-electron chi connectivity index (χ2n) is 11.7. The zero-order valence-electron chi connectivity index (χ0n) is 31.3. The van der Waals surface area contributed by atoms with Crippen LogP contribution in [0.4, 0.5) is 39.8 Å². The monoisotopic (exact) mass is 900 g/mol. The van der Waals surface area contributed by atoms with Gasteiger partial charge in [-0.05, 0) is 84.5 Å². The van der Waals surface area contributed by atoms with Crippen LogP contribution in [0.15, 0.2) is 138 Å². The maximum absolute atomic E-state index is 13.6. The van der Waals surface area contributed by atoms with Gasteiger partial charge in [0.05, 0.1) is 48.7 Å². The zero-order chi connectivity index (χ0) is 41.3. The van der Waals surface area contributed by atoms with Crippen LogP contribution in [0.2, 0.25) is 0 Å². The minimum Gasteiger partial charge on any atom is -0.744 e. The molecule has 0 aromatic heterocycles. The molecule has 0 atom stereocenters. The molecular weight excluding hydrogens is 878 g/mol. The van der Waals surface area contributed by atoms with Crippen LogP contribution in [0.3, 0.4) is 0 Å². The van der Waals surface area contributed by atoms with Crippen molar-refractivity contribution in [2.75, 3.05) is 21.9 Å². The Bertz CT molecular complexity index is 2910. The van der Waals surface area contributed by atoms with Crippen molar-refractivity contribution in [3.63, 3.8) is 0 Å². The number of hydrogen-bond donors (Lipinski definition) is 5. The molecule has 20 nitrogen and oxygen atoms in total. The van der Waals surface area contributed by atoms with Gasteiger partial charge < -0.3 is 29.8 Å². The van der Waals surface area contributed by atoms with Crippen molar-refractivity contribution < 1.29 is 142 Å². The van der Waals surface area contributed by atoms with Gasteiger partial charge in [0, 0.05) is 11.8 Å². The number of Topliss-reactive ketones (excluding diaryl/α,β-unsaturated/α-hetero) is 1. The van der Waals surface area contributed by atoms with Crippen LogP contribution in [-0.2, 0) is 35.1 Å². The molecule has 0 unspecified atom stereocenters. The van der Waals surface area contributed by atoms with Crippen molar-refractivity contribution >= 4 is 99.2 Å². The largest absolute Gasteiger partial charge is 1.00 e. The number of nitrogens with one attached hydrogen (secondary N) is 3. The predicted molar refractivity (Wildman–Crippen MR) is 203 cm³/mol. The average Bonchev–Trinajstić information content (AvgIpc) is 3.13. The van der Waals surface area contributed by atoms with Crippen LogP contribution in [0.5, 0.6) is 0 Å². The molecule has 0 heterocycles. The number of aliphatic hydroxyl groups is 1. The number of nitrogens with two attached hydrogens (primary N) is 1. The van der Waals surface area contributed by atoms with Crippen LogP contribution >= 0.6 is 0 Å². The Morgan fingerprint density at radius 2 is 1.25 bits per heavy atom. The van der Waals surface area contributed by atoms with E-state index in [1.54, 1.807) is 18.2 Å². The summed E-state index contributed by atoms with van der Waals surface area (Å²) in [6.45, 7) is 0. The Morgan fingerprint density at radius 3 is 1.85 bits per heavy atom. The molecule has 4 aromatic carbocycles. The van der Waals surface area contributed by atoms with Gasteiger partial charge in [0.25, 0.3) is 0 Å². The van der Waals surface area contributed by atoms with E-state index < -0.39 is 84.8 Å². The number of aliphatic hydroxyl groups excluding tert-OH is 1. The number of allylic oxidation sites excluding steroid dienone is 4. The summed E-state index contributed by atoms with van der Waals surface area (Å²) in [6, 6.07) is 17.5. The number of anilines is 5. The first-order chi connectivity index (χ1) is 26.8. The van der Waals surface area contributed by atoms with Crippen LogP contribution in [-0.4, -0.2) is 67.0 Å². The Kier molecular flexibility index (Phi) is 17.1. The normalized spacial score (nSPS) is 15.2. The van der Waals surface area contributed by atoms with Crippen LogP contribution in [0.1, 0.15) is 15.9 Å². The molecule has 4 aromatic rings. The molecule has 60 heavy (non-hydrogen) atoms. The number of carbonyl (C=O) groups excluding carboxylic acids is 2. The maximum atomic E-state index is 13.6. The van der Waals surface area contributed by atoms with Gasteiger partial charge in [-0.3, -0.25) is 20.4 Å². The molecular formula is C34H23N8Na3O12S3. The number of para-hydroxylation sites is 1. The summed E-state index contributed by atoms with van der Waals surface area (Å²) in [5.41, 5.74) is 8.03. The van der Waals surface area contributed by atoms with E-state index >= 15 is 0 Å². The number of hydrogen-bond acceptors (Lipinski definition) is 20. The molecule has 26 heteroatoms. The fraction of sp³-hybridized carbons (Fsp3) is 0. The van der Waals surface area contributed by atoms with E-state index in [4.69, 9.17) is 5.73 Å². The van der Waals surface area contributed by atoms with Gasteiger partial charge in [0.2, 0.25) is 5.78 Å².